The van der Waals surface area contributed by atoms with Crippen molar-refractivity contribution in [1.82, 2.24) is 0 Å². The second-order valence-electron chi connectivity index (χ2n) is 3.73. The Bertz CT molecular complexity index is 383. The van der Waals surface area contributed by atoms with E-state index in [1.54, 1.807) is 0 Å². The normalized spacial score (nSPS) is 18.9. The summed E-state index contributed by atoms with van der Waals surface area (Å²) in [7, 11) is 0. The van der Waals surface area contributed by atoms with Crippen LogP contribution in [-0.4, -0.2) is 19.2 Å². The van der Waals surface area contributed by atoms with Gasteiger partial charge in [-0.15, -0.1) is 0 Å². The highest BCUT2D eigenvalue weighted by molar-refractivity contribution is 5.60. The van der Waals surface area contributed by atoms with E-state index in [1.807, 2.05) is 24.3 Å². The lowest BCUT2D eigenvalue weighted by molar-refractivity contribution is 0.270. The van der Waals surface area contributed by atoms with Crippen molar-refractivity contribution in [2.45, 2.75) is 19.4 Å². The van der Waals surface area contributed by atoms with Crippen molar-refractivity contribution < 1.29 is 4.74 Å². The van der Waals surface area contributed by atoms with Crippen LogP contribution < -0.4 is 9.64 Å². The summed E-state index contributed by atoms with van der Waals surface area (Å²) in [6.07, 6.45) is 0.554. The van der Waals surface area contributed by atoms with E-state index in [-0.39, 0.29) is 0 Å². The van der Waals surface area contributed by atoms with Crippen LogP contribution in [0.4, 0.5) is 5.69 Å². The highest BCUT2D eigenvalue weighted by Crippen LogP contribution is 2.33. The third kappa shape index (κ3) is 1.89. The van der Waals surface area contributed by atoms with E-state index in [0.717, 1.165) is 18.0 Å². The molecule has 0 amide bonds. The molecule has 1 aromatic carbocycles. The number of rotatable bonds is 2. The molecule has 15 heavy (non-hydrogen) atoms. The molecule has 3 nitrogen and oxygen atoms in total. The Morgan fingerprint density at radius 3 is 3.13 bits per heavy atom. The number of benzene rings is 1. The standard InChI is InChI=1S/C12H14N2O/c1-10-9-15-12-6-3-2-5-11(12)14(10)8-4-7-13/h2-3,5-6,10H,4,8-9H2,1H3. The largest absolute Gasteiger partial charge is 0.489 e. The molecule has 0 spiro atoms. The van der Waals surface area contributed by atoms with Gasteiger partial charge in [0.2, 0.25) is 0 Å². The second kappa shape index (κ2) is 4.22. The summed E-state index contributed by atoms with van der Waals surface area (Å²) in [5.41, 5.74) is 1.10. The summed E-state index contributed by atoms with van der Waals surface area (Å²) in [5.74, 6) is 0.925. The SMILES string of the molecule is CC1COc2ccccc2N1CCC#N. The summed E-state index contributed by atoms with van der Waals surface area (Å²) < 4.78 is 5.62. The maximum atomic E-state index is 8.62. The predicted molar refractivity (Wildman–Crippen MR) is 59.0 cm³/mol. The van der Waals surface area contributed by atoms with Crippen molar-refractivity contribution >= 4 is 5.69 Å². The zero-order chi connectivity index (χ0) is 10.7. The molecule has 1 aliphatic rings. The maximum Gasteiger partial charge on any atom is 0.142 e. The predicted octanol–water partition coefficient (Wildman–Crippen LogP) is 2.19. The average Bonchev–Trinajstić information content (AvgIpc) is 2.28. The fourth-order valence-corrected chi connectivity index (χ4v) is 1.87. The molecule has 0 saturated heterocycles. The number of hydrogen-bond acceptors (Lipinski definition) is 3. The fraction of sp³-hybridized carbons (Fsp3) is 0.417. The number of anilines is 1. The third-order valence-corrected chi connectivity index (χ3v) is 2.65. The number of fused-ring (bicyclic) bond motifs is 1. The molecule has 1 heterocycles. The highest BCUT2D eigenvalue weighted by atomic mass is 16.5. The lowest BCUT2D eigenvalue weighted by Gasteiger charge is -2.36. The van der Waals surface area contributed by atoms with Gasteiger partial charge in [0.25, 0.3) is 0 Å². The summed E-state index contributed by atoms with van der Waals surface area (Å²) in [6.45, 7) is 3.59. The first kappa shape index (κ1) is 9.85. The Kier molecular flexibility index (Phi) is 2.77. The van der Waals surface area contributed by atoms with Crippen molar-refractivity contribution in [2.75, 3.05) is 18.1 Å². The molecule has 0 aliphatic carbocycles. The van der Waals surface area contributed by atoms with Crippen molar-refractivity contribution in [3.8, 4) is 11.8 Å². The molecule has 1 atom stereocenters. The molecular weight excluding hydrogens is 188 g/mol. The smallest absolute Gasteiger partial charge is 0.142 e. The van der Waals surface area contributed by atoms with Crippen molar-refractivity contribution in [1.29, 1.82) is 5.26 Å². The number of ether oxygens (including phenoxy) is 1. The molecule has 1 aromatic rings. The molecule has 1 unspecified atom stereocenters. The van der Waals surface area contributed by atoms with Gasteiger partial charge in [-0.05, 0) is 19.1 Å². The van der Waals surface area contributed by atoms with Crippen LogP contribution in [0.25, 0.3) is 0 Å². The Labute approximate surface area is 89.9 Å². The third-order valence-electron chi connectivity index (χ3n) is 2.65. The topological polar surface area (TPSA) is 36.3 Å². The summed E-state index contributed by atoms with van der Waals surface area (Å²) in [5, 5.41) is 8.62. The van der Waals surface area contributed by atoms with Crippen molar-refractivity contribution in [3.05, 3.63) is 24.3 Å². The van der Waals surface area contributed by atoms with Crippen LogP contribution in [0.3, 0.4) is 0 Å². The van der Waals surface area contributed by atoms with E-state index >= 15 is 0 Å². The Morgan fingerprint density at radius 1 is 1.53 bits per heavy atom. The van der Waals surface area contributed by atoms with Gasteiger partial charge >= 0.3 is 0 Å². The summed E-state index contributed by atoms with van der Waals surface area (Å²) in [4.78, 5) is 2.24. The minimum atomic E-state index is 0.341. The van der Waals surface area contributed by atoms with Crippen LogP contribution in [0, 0.1) is 11.3 Å². The van der Waals surface area contributed by atoms with E-state index in [0.29, 0.717) is 19.1 Å². The van der Waals surface area contributed by atoms with Crippen LogP contribution >= 0.6 is 0 Å². The number of nitriles is 1. The zero-order valence-electron chi connectivity index (χ0n) is 8.81. The van der Waals surface area contributed by atoms with Gasteiger partial charge in [0, 0.05) is 6.54 Å². The molecule has 1 aliphatic heterocycles. The van der Waals surface area contributed by atoms with Gasteiger partial charge in [0.15, 0.2) is 0 Å². The quantitative estimate of drug-likeness (QED) is 0.737. The minimum Gasteiger partial charge on any atom is -0.489 e. The first-order valence-corrected chi connectivity index (χ1v) is 5.18. The van der Waals surface area contributed by atoms with Gasteiger partial charge in [0.1, 0.15) is 12.4 Å². The van der Waals surface area contributed by atoms with E-state index in [2.05, 4.69) is 17.9 Å². The first-order chi connectivity index (χ1) is 7.33. The van der Waals surface area contributed by atoms with E-state index < -0.39 is 0 Å². The number of para-hydroxylation sites is 2. The molecule has 2 rings (SSSR count). The monoisotopic (exact) mass is 202 g/mol. The van der Waals surface area contributed by atoms with Gasteiger partial charge in [-0.1, -0.05) is 12.1 Å². The lowest BCUT2D eigenvalue weighted by Crippen LogP contribution is -2.41. The number of nitrogens with zero attached hydrogens (tertiary/aromatic N) is 2. The van der Waals surface area contributed by atoms with Crippen LogP contribution in [0.1, 0.15) is 13.3 Å². The van der Waals surface area contributed by atoms with E-state index in [9.17, 15) is 0 Å². The van der Waals surface area contributed by atoms with Gasteiger partial charge in [-0.25, -0.2) is 0 Å². The lowest BCUT2D eigenvalue weighted by atomic mass is 10.1. The van der Waals surface area contributed by atoms with Crippen molar-refractivity contribution in [2.24, 2.45) is 0 Å². The highest BCUT2D eigenvalue weighted by Gasteiger charge is 2.23. The minimum absolute atomic E-state index is 0.341. The molecular formula is C12H14N2O. The Hall–Kier alpha value is -1.69. The van der Waals surface area contributed by atoms with Crippen LogP contribution in [0.2, 0.25) is 0 Å². The molecule has 0 N–H and O–H groups in total. The molecule has 0 aromatic heterocycles. The Morgan fingerprint density at radius 2 is 2.33 bits per heavy atom. The first-order valence-electron chi connectivity index (χ1n) is 5.18. The maximum absolute atomic E-state index is 8.62. The van der Waals surface area contributed by atoms with Gasteiger partial charge in [-0.3, -0.25) is 0 Å². The fourth-order valence-electron chi connectivity index (χ4n) is 1.87. The molecule has 3 heteroatoms. The van der Waals surface area contributed by atoms with E-state index in [4.69, 9.17) is 10.00 Å². The zero-order valence-corrected chi connectivity index (χ0v) is 8.81. The van der Waals surface area contributed by atoms with Gasteiger partial charge < -0.3 is 9.64 Å². The molecule has 0 fully saturated rings. The van der Waals surface area contributed by atoms with Crippen LogP contribution in [-0.2, 0) is 0 Å². The van der Waals surface area contributed by atoms with Crippen LogP contribution in [0.5, 0.6) is 5.75 Å². The average molecular weight is 202 g/mol. The summed E-state index contributed by atoms with van der Waals surface area (Å²) in [6, 6.07) is 10.5. The number of hydrogen-bond donors (Lipinski definition) is 0. The molecule has 0 bridgehead atoms. The van der Waals surface area contributed by atoms with Crippen molar-refractivity contribution in [3.63, 3.8) is 0 Å². The van der Waals surface area contributed by atoms with Gasteiger partial charge in [0.05, 0.1) is 24.2 Å². The van der Waals surface area contributed by atoms with Gasteiger partial charge in [-0.2, -0.15) is 5.26 Å². The van der Waals surface area contributed by atoms with E-state index in [1.165, 1.54) is 0 Å². The van der Waals surface area contributed by atoms with Crippen LogP contribution in [0.15, 0.2) is 24.3 Å². The Balaban J connectivity index is 2.25. The molecule has 0 saturated carbocycles. The molecule has 0 radical (unpaired) electrons. The molecule has 78 valence electrons. The summed E-state index contributed by atoms with van der Waals surface area (Å²) >= 11 is 0. The second-order valence-corrected chi connectivity index (χ2v) is 3.73.